The summed E-state index contributed by atoms with van der Waals surface area (Å²) in [6, 6.07) is 4.98. The van der Waals surface area contributed by atoms with Gasteiger partial charge in [0.05, 0.1) is 10.9 Å². The molecule has 0 amide bonds. The second-order valence-corrected chi connectivity index (χ2v) is 8.27. The Bertz CT molecular complexity index is 819. The van der Waals surface area contributed by atoms with E-state index in [1.165, 1.54) is 0 Å². The van der Waals surface area contributed by atoms with E-state index in [0.717, 1.165) is 11.4 Å². The van der Waals surface area contributed by atoms with Gasteiger partial charge in [-0.25, -0.2) is 13.4 Å². The highest BCUT2D eigenvalue weighted by Crippen LogP contribution is 2.32. The molecule has 1 fully saturated rings. The minimum Gasteiger partial charge on any atom is -0.337 e. The lowest BCUT2D eigenvalue weighted by atomic mass is 10.2. The van der Waals surface area contributed by atoms with Gasteiger partial charge in [-0.3, -0.25) is 0 Å². The van der Waals surface area contributed by atoms with Crippen LogP contribution >= 0.6 is 15.9 Å². The largest absolute Gasteiger partial charge is 0.337 e. The molecule has 8 heteroatoms. The zero-order valence-electron chi connectivity index (χ0n) is 13.0. The number of hydrogen-bond acceptors (Lipinski definition) is 4. The number of imidazole rings is 1. The fourth-order valence-corrected chi connectivity index (χ4v) is 5.44. The summed E-state index contributed by atoms with van der Waals surface area (Å²) in [5.41, 5.74) is 0.898. The molecule has 6 nitrogen and oxygen atoms in total. The number of aromatic nitrogens is 2. The molecule has 2 heterocycles. The summed E-state index contributed by atoms with van der Waals surface area (Å²) in [6.07, 6.45) is 3.52. The van der Waals surface area contributed by atoms with Crippen LogP contribution in [0.3, 0.4) is 0 Å². The van der Waals surface area contributed by atoms with Crippen molar-refractivity contribution in [2.75, 3.05) is 19.6 Å². The van der Waals surface area contributed by atoms with E-state index in [2.05, 4.69) is 26.2 Å². The van der Waals surface area contributed by atoms with E-state index >= 15 is 0 Å². The number of aryl methyl sites for hydroxylation is 2. The molecule has 1 aliphatic heterocycles. The summed E-state index contributed by atoms with van der Waals surface area (Å²) >= 11 is 3.42. The topological polar surface area (TPSA) is 67.2 Å². The summed E-state index contributed by atoms with van der Waals surface area (Å²) in [7, 11) is -1.73. The summed E-state index contributed by atoms with van der Waals surface area (Å²) in [6.45, 7) is 3.48. The minimum atomic E-state index is -3.61. The highest BCUT2D eigenvalue weighted by Gasteiger charge is 2.37. The third-order valence-electron chi connectivity index (χ3n) is 4.09. The van der Waals surface area contributed by atoms with Crippen LogP contribution in [-0.2, 0) is 17.1 Å². The van der Waals surface area contributed by atoms with Crippen molar-refractivity contribution in [3.8, 4) is 0 Å². The van der Waals surface area contributed by atoms with Crippen molar-refractivity contribution in [3.63, 3.8) is 0 Å². The van der Waals surface area contributed by atoms with Gasteiger partial charge in [0.2, 0.25) is 10.0 Å². The summed E-state index contributed by atoms with van der Waals surface area (Å²) in [5.74, 6) is 0.740. The van der Waals surface area contributed by atoms with Crippen LogP contribution in [0.2, 0.25) is 0 Å². The van der Waals surface area contributed by atoms with Crippen LogP contribution < -0.4 is 5.32 Å². The van der Waals surface area contributed by atoms with Crippen molar-refractivity contribution < 1.29 is 8.42 Å². The Morgan fingerprint density at radius 2 is 2.17 bits per heavy atom. The molecule has 23 heavy (non-hydrogen) atoms. The zero-order valence-corrected chi connectivity index (χ0v) is 15.4. The van der Waals surface area contributed by atoms with E-state index in [1.807, 2.05) is 30.8 Å². The Morgan fingerprint density at radius 3 is 2.87 bits per heavy atom. The highest BCUT2D eigenvalue weighted by atomic mass is 79.9. The van der Waals surface area contributed by atoms with Crippen molar-refractivity contribution in [2.24, 2.45) is 7.05 Å². The Morgan fingerprint density at radius 1 is 1.39 bits per heavy atom. The van der Waals surface area contributed by atoms with Crippen LogP contribution in [0.5, 0.6) is 0 Å². The van der Waals surface area contributed by atoms with Crippen molar-refractivity contribution in [1.82, 2.24) is 19.2 Å². The monoisotopic (exact) mass is 398 g/mol. The van der Waals surface area contributed by atoms with E-state index in [-0.39, 0.29) is 6.04 Å². The molecule has 1 atom stereocenters. The maximum Gasteiger partial charge on any atom is 0.244 e. The number of sulfonamides is 1. The van der Waals surface area contributed by atoms with E-state index in [4.69, 9.17) is 0 Å². The maximum absolute atomic E-state index is 13.2. The predicted molar refractivity (Wildman–Crippen MR) is 91.6 cm³/mol. The van der Waals surface area contributed by atoms with E-state index in [9.17, 15) is 8.42 Å². The zero-order chi connectivity index (χ0) is 16.6. The molecule has 1 aromatic carbocycles. The second kappa shape index (κ2) is 6.35. The third kappa shape index (κ3) is 2.96. The molecule has 2 aromatic rings. The first-order valence-electron chi connectivity index (χ1n) is 7.38. The average molecular weight is 399 g/mol. The van der Waals surface area contributed by atoms with Crippen molar-refractivity contribution in [1.29, 1.82) is 0 Å². The molecule has 0 saturated carbocycles. The molecular weight excluding hydrogens is 380 g/mol. The second-order valence-electron chi connectivity index (χ2n) is 5.62. The van der Waals surface area contributed by atoms with E-state index in [1.54, 1.807) is 22.6 Å². The number of halogens is 1. The van der Waals surface area contributed by atoms with Gasteiger partial charge in [-0.1, -0.05) is 12.1 Å². The molecule has 3 rings (SSSR count). The first-order chi connectivity index (χ1) is 10.9. The van der Waals surface area contributed by atoms with Crippen LogP contribution in [-0.4, -0.2) is 41.9 Å². The van der Waals surface area contributed by atoms with Crippen LogP contribution in [0.4, 0.5) is 0 Å². The Hall–Kier alpha value is -1.22. The molecule has 1 N–H and O–H groups in total. The number of hydrogen-bond donors (Lipinski definition) is 1. The van der Waals surface area contributed by atoms with Gasteiger partial charge in [-0.05, 0) is 34.5 Å². The van der Waals surface area contributed by atoms with Gasteiger partial charge >= 0.3 is 0 Å². The number of piperazine rings is 1. The number of benzene rings is 1. The molecule has 0 radical (unpaired) electrons. The fraction of sp³-hybridized carbons (Fsp3) is 0.400. The molecular formula is C15H19BrN4O2S. The first kappa shape index (κ1) is 16.6. The van der Waals surface area contributed by atoms with Crippen LogP contribution in [0.15, 0.2) is 40.0 Å². The van der Waals surface area contributed by atoms with Gasteiger partial charge in [-0.2, -0.15) is 4.31 Å². The van der Waals surface area contributed by atoms with Gasteiger partial charge in [-0.15, -0.1) is 0 Å². The van der Waals surface area contributed by atoms with Gasteiger partial charge in [0.15, 0.2) is 0 Å². The lowest BCUT2D eigenvalue weighted by Gasteiger charge is -2.35. The predicted octanol–water partition coefficient (Wildman–Crippen LogP) is 1.83. The Kier molecular flexibility index (Phi) is 4.59. The standard InChI is InChI=1S/C15H19BrN4O2S/c1-11-4-3-5-13(14(11)16)23(21,22)20-9-6-17-10-12(20)15-18-7-8-19(15)2/h3-5,7-8,12,17H,6,9-10H2,1-2H3. The average Bonchev–Trinajstić information content (AvgIpc) is 2.96. The molecule has 0 spiro atoms. The quantitative estimate of drug-likeness (QED) is 0.855. The number of nitrogens with zero attached hydrogens (tertiary/aromatic N) is 3. The SMILES string of the molecule is Cc1cccc(S(=O)(=O)N2CCNCC2c2nccn2C)c1Br. The molecule has 1 aliphatic rings. The lowest BCUT2D eigenvalue weighted by molar-refractivity contribution is 0.258. The highest BCUT2D eigenvalue weighted by molar-refractivity contribution is 9.10. The first-order valence-corrected chi connectivity index (χ1v) is 9.61. The van der Waals surface area contributed by atoms with E-state index in [0.29, 0.717) is 29.0 Å². The Labute approximate surface area is 144 Å². The lowest BCUT2D eigenvalue weighted by Crippen LogP contribution is -2.49. The molecule has 0 aliphatic carbocycles. The van der Waals surface area contributed by atoms with E-state index < -0.39 is 10.0 Å². The van der Waals surface area contributed by atoms with Gasteiger partial charge in [0.25, 0.3) is 0 Å². The van der Waals surface area contributed by atoms with Crippen molar-refractivity contribution in [2.45, 2.75) is 17.9 Å². The van der Waals surface area contributed by atoms with Crippen molar-refractivity contribution in [3.05, 3.63) is 46.5 Å². The smallest absolute Gasteiger partial charge is 0.244 e. The normalized spacial score (nSPS) is 19.9. The van der Waals surface area contributed by atoms with Gasteiger partial charge in [0, 0.05) is 43.5 Å². The summed E-state index contributed by atoms with van der Waals surface area (Å²) < 4.78 is 30.5. The van der Waals surface area contributed by atoms with Crippen molar-refractivity contribution >= 4 is 26.0 Å². The van der Waals surface area contributed by atoms with Crippen LogP contribution in [0.1, 0.15) is 17.4 Å². The molecule has 124 valence electrons. The van der Waals surface area contributed by atoms with Gasteiger partial charge < -0.3 is 9.88 Å². The Balaban J connectivity index is 2.06. The van der Waals surface area contributed by atoms with Gasteiger partial charge in [0.1, 0.15) is 5.82 Å². The maximum atomic E-state index is 13.2. The number of rotatable bonds is 3. The molecule has 1 saturated heterocycles. The molecule has 1 unspecified atom stereocenters. The fourth-order valence-electron chi connectivity index (χ4n) is 2.84. The minimum absolute atomic E-state index is 0.304. The van der Waals surface area contributed by atoms with Crippen LogP contribution in [0, 0.1) is 6.92 Å². The van der Waals surface area contributed by atoms with Crippen LogP contribution in [0.25, 0.3) is 0 Å². The summed E-state index contributed by atoms with van der Waals surface area (Å²) in [5, 5.41) is 3.26. The molecule has 0 bridgehead atoms. The molecule has 1 aromatic heterocycles. The third-order valence-corrected chi connectivity index (χ3v) is 7.36. The number of nitrogens with one attached hydrogen (secondary N) is 1. The summed E-state index contributed by atoms with van der Waals surface area (Å²) in [4.78, 5) is 4.65.